The van der Waals surface area contributed by atoms with Crippen LogP contribution in [0.5, 0.6) is 0 Å². The van der Waals surface area contributed by atoms with E-state index in [-0.39, 0.29) is 11.8 Å². The van der Waals surface area contributed by atoms with Gasteiger partial charge in [-0.2, -0.15) is 11.8 Å². The summed E-state index contributed by atoms with van der Waals surface area (Å²) >= 11 is 1.91. The third-order valence-corrected chi connectivity index (χ3v) is 5.84. The zero-order valence-electron chi connectivity index (χ0n) is 15.1. The van der Waals surface area contributed by atoms with Crippen molar-refractivity contribution in [2.45, 2.75) is 51.2 Å². The summed E-state index contributed by atoms with van der Waals surface area (Å²) in [7, 11) is 0. The number of aryl methyl sites for hydroxylation is 1. The number of thioether (sulfide) groups is 1. The largest absolute Gasteiger partial charge is 0.456 e. The molecule has 2 aromatic rings. The van der Waals surface area contributed by atoms with Gasteiger partial charge in [-0.25, -0.2) is 4.98 Å². The number of piperidine rings is 1. The van der Waals surface area contributed by atoms with E-state index in [0.29, 0.717) is 12.3 Å². The van der Waals surface area contributed by atoms with Crippen LogP contribution >= 0.6 is 11.8 Å². The van der Waals surface area contributed by atoms with Gasteiger partial charge in [0.15, 0.2) is 5.76 Å². The second kappa shape index (κ2) is 8.61. The fourth-order valence-electron chi connectivity index (χ4n) is 3.24. The van der Waals surface area contributed by atoms with Crippen LogP contribution in [-0.2, 0) is 5.75 Å². The molecule has 3 heterocycles. The number of carbonyl (C=O) groups excluding carboxylic acids is 1. The molecule has 3 rings (SSSR count). The minimum Gasteiger partial charge on any atom is -0.456 e. The molecule has 0 radical (unpaired) electrons. The first-order valence-electron chi connectivity index (χ1n) is 9.14. The Balaban J connectivity index is 1.62. The molecule has 2 aromatic heterocycles. The second-order valence-electron chi connectivity index (χ2n) is 6.66. The van der Waals surface area contributed by atoms with E-state index in [1.165, 1.54) is 12.8 Å². The molecule has 1 N–H and O–H groups in total. The van der Waals surface area contributed by atoms with E-state index in [1.54, 1.807) is 6.20 Å². The van der Waals surface area contributed by atoms with Crippen molar-refractivity contribution in [1.82, 2.24) is 14.9 Å². The first-order valence-corrected chi connectivity index (χ1v) is 10.3. The lowest BCUT2D eigenvalue weighted by Crippen LogP contribution is -2.39. The average molecular weight is 362 g/mol. The van der Waals surface area contributed by atoms with Crippen LogP contribution < -0.4 is 0 Å². The molecular weight excluding hydrogens is 334 g/mol. The lowest BCUT2D eigenvalue weighted by Gasteiger charge is -2.31. The number of furan rings is 1. The fraction of sp³-hybridized carbons (Fsp3) is 0.579. The van der Waals surface area contributed by atoms with Crippen molar-refractivity contribution in [3.05, 3.63) is 41.4 Å². The predicted octanol–water partition coefficient (Wildman–Crippen LogP) is 4.36. The number of likely N-dealkylation sites (tertiary alicyclic amines) is 1. The van der Waals surface area contributed by atoms with Crippen molar-refractivity contribution < 1.29 is 9.21 Å². The third kappa shape index (κ3) is 4.48. The quantitative estimate of drug-likeness (QED) is 0.744. The molecule has 0 spiro atoms. The van der Waals surface area contributed by atoms with Gasteiger partial charge in [0.05, 0.1) is 0 Å². The zero-order valence-corrected chi connectivity index (χ0v) is 15.9. The highest BCUT2D eigenvalue weighted by Crippen LogP contribution is 2.27. The number of aromatic amines is 1. The summed E-state index contributed by atoms with van der Waals surface area (Å²) in [5.74, 6) is 4.67. The molecule has 1 amide bonds. The van der Waals surface area contributed by atoms with E-state index in [0.717, 1.165) is 48.0 Å². The summed E-state index contributed by atoms with van der Waals surface area (Å²) < 4.78 is 5.78. The molecule has 0 saturated carbocycles. The Morgan fingerprint density at radius 3 is 3.16 bits per heavy atom. The van der Waals surface area contributed by atoms with Gasteiger partial charge in [0.1, 0.15) is 11.6 Å². The number of nitrogens with zero attached hydrogens (tertiary/aromatic N) is 2. The molecule has 136 valence electrons. The topological polar surface area (TPSA) is 62.1 Å². The number of unbranched alkanes of at least 4 members (excludes halogenated alkanes) is 1. The van der Waals surface area contributed by atoms with Crippen LogP contribution in [0.15, 0.2) is 22.9 Å². The van der Waals surface area contributed by atoms with Crippen LogP contribution in [0.4, 0.5) is 0 Å². The molecule has 0 aliphatic carbocycles. The summed E-state index contributed by atoms with van der Waals surface area (Å²) in [4.78, 5) is 22.3. The Morgan fingerprint density at radius 2 is 2.40 bits per heavy atom. The minimum atomic E-state index is 0.00386. The molecule has 1 fully saturated rings. The highest BCUT2D eigenvalue weighted by atomic mass is 32.2. The number of H-pyrrole nitrogens is 1. The van der Waals surface area contributed by atoms with Crippen molar-refractivity contribution in [2.75, 3.05) is 18.8 Å². The molecule has 1 atom stereocenters. The molecule has 1 aliphatic heterocycles. The van der Waals surface area contributed by atoms with E-state index in [9.17, 15) is 4.79 Å². The number of aromatic nitrogens is 2. The monoisotopic (exact) mass is 361 g/mol. The van der Waals surface area contributed by atoms with E-state index < -0.39 is 0 Å². The second-order valence-corrected chi connectivity index (χ2v) is 7.77. The highest BCUT2D eigenvalue weighted by molar-refractivity contribution is 7.98. The Labute approximate surface area is 153 Å². The molecule has 1 aliphatic rings. The number of imidazole rings is 1. The molecule has 1 saturated heterocycles. The van der Waals surface area contributed by atoms with Crippen molar-refractivity contribution in [1.29, 1.82) is 0 Å². The summed E-state index contributed by atoms with van der Waals surface area (Å²) in [5.41, 5.74) is 1.14. The number of hydrogen-bond donors (Lipinski definition) is 1. The molecule has 0 aromatic carbocycles. The molecular formula is C19H27N3O2S. The summed E-state index contributed by atoms with van der Waals surface area (Å²) in [5, 5.41) is 0. The van der Waals surface area contributed by atoms with Crippen LogP contribution in [0.2, 0.25) is 0 Å². The molecule has 5 nitrogen and oxygen atoms in total. The SMILES string of the molecule is CCCCSCc1cc(C(=O)N2CCC[C@H](c3ncc[nH]3)C2)oc1C. The lowest BCUT2D eigenvalue weighted by molar-refractivity contribution is 0.0671. The first kappa shape index (κ1) is 18.1. The van der Waals surface area contributed by atoms with Crippen LogP contribution in [0.3, 0.4) is 0 Å². The van der Waals surface area contributed by atoms with Gasteiger partial charge in [-0.05, 0) is 38.0 Å². The van der Waals surface area contributed by atoms with Crippen molar-refractivity contribution in [2.24, 2.45) is 0 Å². The number of amides is 1. The Kier molecular flexibility index (Phi) is 6.24. The van der Waals surface area contributed by atoms with Gasteiger partial charge in [-0.15, -0.1) is 0 Å². The van der Waals surface area contributed by atoms with Crippen molar-refractivity contribution >= 4 is 17.7 Å². The minimum absolute atomic E-state index is 0.00386. The molecule has 0 unspecified atom stereocenters. The molecule has 25 heavy (non-hydrogen) atoms. The van der Waals surface area contributed by atoms with E-state index in [4.69, 9.17) is 4.42 Å². The zero-order chi connectivity index (χ0) is 17.6. The van der Waals surface area contributed by atoms with Crippen LogP contribution in [-0.4, -0.2) is 39.6 Å². The van der Waals surface area contributed by atoms with E-state index in [2.05, 4.69) is 16.9 Å². The highest BCUT2D eigenvalue weighted by Gasteiger charge is 2.28. The van der Waals surface area contributed by atoms with Gasteiger partial charge < -0.3 is 14.3 Å². The average Bonchev–Trinajstić information content (AvgIpc) is 3.28. The normalized spacial score (nSPS) is 17.8. The Hall–Kier alpha value is -1.69. The summed E-state index contributed by atoms with van der Waals surface area (Å²) in [6.07, 6.45) is 8.12. The van der Waals surface area contributed by atoms with Gasteiger partial charge >= 0.3 is 0 Å². The first-order chi connectivity index (χ1) is 12.2. The maximum absolute atomic E-state index is 12.9. The molecule has 0 bridgehead atoms. The predicted molar refractivity (Wildman–Crippen MR) is 101 cm³/mol. The smallest absolute Gasteiger partial charge is 0.289 e. The fourth-order valence-corrected chi connectivity index (χ4v) is 4.38. The van der Waals surface area contributed by atoms with Gasteiger partial charge in [0, 0.05) is 42.7 Å². The number of nitrogens with one attached hydrogen (secondary N) is 1. The standard InChI is InChI=1S/C19H27N3O2S/c1-3-4-10-25-13-16-11-17(24-14(16)2)19(23)22-9-5-6-15(12-22)18-20-7-8-21-18/h7-8,11,15H,3-6,9-10,12-13H2,1-2H3,(H,20,21)/t15-/m0/s1. The number of carbonyl (C=O) groups is 1. The van der Waals surface area contributed by atoms with Gasteiger partial charge in [0.25, 0.3) is 5.91 Å². The maximum atomic E-state index is 12.9. The van der Waals surface area contributed by atoms with E-state index >= 15 is 0 Å². The molecule has 6 heteroatoms. The van der Waals surface area contributed by atoms with Gasteiger partial charge in [-0.3, -0.25) is 4.79 Å². The third-order valence-electron chi connectivity index (χ3n) is 4.75. The van der Waals surface area contributed by atoms with Gasteiger partial charge in [0.2, 0.25) is 0 Å². The van der Waals surface area contributed by atoms with Crippen LogP contribution in [0.1, 0.15) is 66.2 Å². The summed E-state index contributed by atoms with van der Waals surface area (Å²) in [6.45, 7) is 5.65. The Morgan fingerprint density at radius 1 is 1.52 bits per heavy atom. The van der Waals surface area contributed by atoms with Crippen LogP contribution in [0.25, 0.3) is 0 Å². The Bertz CT molecular complexity index is 681. The van der Waals surface area contributed by atoms with Crippen LogP contribution in [0, 0.1) is 6.92 Å². The number of hydrogen-bond acceptors (Lipinski definition) is 4. The van der Waals surface area contributed by atoms with Gasteiger partial charge in [-0.1, -0.05) is 13.3 Å². The maximum Gasteiger partial charge on any atom is 0.289 e. The lowest BCUT2D eigenvalue weighted by atomic mass is 9.97. The van der Waals surface area contributed by atoms with Crippen molar-refractivity contribution in [3.63, 3.8) is 0 Å². The summed E-state index contributed by atoms with van der Waals surface area (Å²) in [6, 6.07) is 1.94. The van der Waals surface area contributed by atoms with Crippen molar-refractivity contribution in [3.8, 4) is 0 Å². The number of rotatable bonds is 7. The van der Waals surface area contributed by atoms with E-state index in [1.807, 2.05) is 35.8 Å².